The third-order valence-electron chi connectivity index (χ3n) is 3.73. The lowest BCUT2D eigenvalue weighted by Crippen LogP contribution is -2.40. The van der Waals surface area contributed by atoms with Crippen LogP contribution in [0.25, 0.3) is 0 Å². The van der Waals surface area contributed by atoms with E-state index in [9.17, 15) is 14.7 Å². The number of aliphatic hydroxyl groups is 1. The van der Waals surface area contributed by atoms with Crippen LogP contribution in [0.5, 0.6) is 5.75 Å². The highest BCUT2D eigenvalue weighted by atomic mass is 16.5. The SMILES string of the molecule is Cc1cccc(OC[C@@]2(O)CCN(C(=O)CCC(=O)O)C2)c1. The summed E-state index contributed by atoms with van der Waals surface area (Å²) in [5.74, 6) is -0.552. The van der Waals surface area contributed by atoms with E-state index in [-0.39, 0.29) is 31.9 Å². The van der Waals surface area contributed by atoms with Crippen molar-refractivity contribution in [3.05, 3.63) is 29.8 Å². The molecule has 1 saturated heterocycles. The molecule has 22 heavy (non-hydrogen) atoms. The molecule has 0 bridgehead atoms. The normalized spacial score (nSPS) is 20.9. The third kappa shape index (κ3) is 4.46. The zero-order valence-corrected chi connectivity index (χ0v) is 12.6. The van der Waals surface area contributed by atoms with Crippen LogP contribution in [0.2, 0.25) is 0 Å². The molecule has 0 radical (unpaired) electrons. The number of rotatable bonds is 6. The molecule has 2 rings (SSSR count). The molecule has 6 heteroatoms. The van der Waals surface area contributed by atoms with Crippen molar-refractivity contribution in [3.8, 4) is 5.75 Å². The zero-order chi connectivity index (χ0) is 16.2. The fourth-order valence-corrected chi connectivity index (χ4v) is 2.48. The number of β-amino-alcohol motifs (C(OH)–C–C–N with tert-alkyl or cyclic N) is 1. The highest BCUT2D eigenvalue weighted by Gasteiger charge is 2.38. The monoisotopic (exact) mass is 307 g/mol. The Balaban J connectivity index is 1.85. The van der Waals surface area contributed by atoms with E-state index in [1.165, 1.54) is 4.90 Å². The highest BCUT2D eigenvalue weighted by molar-refractivity contribution is 5.81. The van der Waals surface area contributed by atoms with E-state index in [2.05, 4.69) is 0 Å². The number of carbonyl (C=O) groups excluding carboxylic acids is 1. The minimum absolute atomic E-state index is 0.0375. The maximum atomic E-state index is 11.9. The largest absolute Gasteiger partial charge is 0.491 e. The van der Waals surface area contributed by atoms with Crippen molar-refractivity contribution in [1.29, 1.82) is 0 Å². The first-order valence-electron chi connectivity index (χ1n) is 7.29. The van der Waals surface area contributed by atoms with Gasteiger partial charge in [-0.1, -0.05) is 12.1 Å². The molecule has 1 aliphatic heterocycles. The summed E-state index contributed by atoms with van der Waals surface area (Å²) >= 11 is 0. The van der Waals surface area contributed by atoms with Gasteiger partial charge in [-0.3, -0.25) is 9.59 Å². The molecule has 1 aromatic carbocycles. The second-order valence-electron chi connectivity index (χ2n) is 5.79. The van der Waals surface area contributed by atoms with Gasteiger partial charge in [-0.05, 0) is 31.0 Å². The first kappa shape index (κ1) is 16.3. The van der Waals surface area contributed by atoms with Gasteiger partial charge < -0.3 is 19.8 Å². The summed E-state index contributed by atoms with van der Waals surface area (Å²) < 4.78 is 5.62. The average molecular weight is 307 g/mol. The number of nitrogens with zero attached hydrogens (tertiary/aromatic N) is 1. The number of carbonyl (C=O) groups is 2. The van der Waals surface area contributed by atoms with Crippen LogP contribution in [-0.4, -0.2) is 52.3 Å². The van der Waals surface area contributed by atoms with Gasteiger partial charge in [0, 0.05) is 13.0 Å². The lowest BCUT2D eigenvalue weighted by molar-refractivity contribution is -0.140. The van der Waals surface area contributed by atoms with E-state index in [4.69, 9.17) is 9.84 Å². The van der Waals surface area contributed by atoms with Crippen LogP contribution in [-0.2, 0) is 9.59 Å². The van der Waals surface area contributed by atoms with E-state index < -0.39 is 11.6 Å². The summed E-state index contributed by atoms with van der Waals surface area (Å²) in [5.41, 5.74) is -0.01000. The predicted molar refractivity (Wildman–Crippen MR) is 79.7 cm³/mol. The number of hydrogen-bond donors (Lipinski definition) is 2. The quantitative estimate of drug-likeness (QED) is 0.824. The van der Waals surface area contributed by atoms with Gasteiger partial charge >= 0.3 is 5.97 Å². The number of aliphatic carboxylic acids is 1. The Kier molecular flexibility index (Phi) is 5.03. The predicted octanol–water partition coefficient (Wildman–Crippen LogP) is 1.20. The lowest BCUT2D eigenvalue weighted by atomic mass is 10.1. The highest BCUT2D eigenvalue weighted by Crippen LogP contribution is 2.24. The van der Waals surface area contributed by atoms with Gasteiger partial charge in [-0.2, -0.15) is 0 Å². The summed E-state index contributed by atoms with van der Waals surface area (Å²) in [4.78, 5) is 23.9. The van der Waals surface area contributed by atoms with E-state index >= 15 is 0 Å². The van der Waals surface area contributed by atoms with E-state index in [0.717, 1.165) is 5.56 Å². The summed E-state index contributed by atoms with van der Waals surface area (Å²) in [6.45, 7) is 2.67. The Morgan fingerprint density at radius 2 is 2.14 bits per heavy atom. The Bertz CT molecular complexity index is 559. The molecule has 0 unspecified atom stereocenters. The molecule has 1 aliphatic rings. The van der Waals surface area contributed by atoms with Crippen LogP contribution in [0.3, 0.4) is 0 Å². The first-order chi connectivity index (χ1) is 10.4. The average Bonchev–Trinajstić information content (AvgIpc) is 2.86. The number of hydrogen-bond acceptors (Lipinski definition) is 4. The van der Waals surface area contributed by atoms with Crippen LogP contribution < -0.4 is 4.74 Å². The van der Waals surface area contributed by atoms with Crippen LogP contribution in [0, 0.1) is 6.92 Å². The molecule has 0 saturated carbocycles. The van der Waals surface area contributed by atoms with Crippen molar-refractivity contribution < 1.29 is 24.5 Å². The molecule has 0 aliphatic carbocycles. The third-order valence-corrected chi connectivity index (χ3v) is 3.73. The standard InChI is InChI=1S/C16H21NO5/c1-12-3-2-4-13(9-12)22-11-16(21)7-8-17(10-16)14(18)5-6-15(19)20/h2-4,9,21H,5-8,10-11H2,1H3,(H,19,20)/t16-/m1/s1. The van der Waals surface area contributed by atoms with Gasteiger partial charge in [0.2, 0.25) is 5.91 Å². The number of aryl methyl sites for hydroxylation is 1. The van der Waals surface area contributed by atoms with Gasteiger partial charge in [-0.25, -0.2) is 0 Å². The van der Waals surface area contributed by atoms with Crippen LogP contribution >= 0.6 is 0 Å². The second-order valence-corrected chi connectivity index (χ2v) is 5.79. The summed E-state index contributed by atoms with van der Waals surface area (Å²) in [7, 11) is 0. The summed E-state index contributed by atoms with van der Waals surface area (Å²) in [5, 5.41) is 19.1. The number of benzene rings is 1. The fraction of sp³-hybridized carbons (Fsp3) is 0.500. The number of likely N-dealkylation sites (tertiary alicyclic amines) is 1. The minimum atomic E-state index is -1.08. The maximum Gasteiger partial charge on any atom is 0.303 e. The number of carboxylic acids is 1. The molecule has 1 heterocycles. The van der Waals surface area contributed by atoms with Crippen molar-refractivity contribution in [2.24, 2.45) is 0 Å². The van der Waals surface area contributed by atoms with Gasteiger partial charge in [0.15, 0.2) is 0 Å². The Labute approximate surface area is 129 Å². The van der Waals surface area contributed by atoms with E-state index in [1.54, 1.807) is 0 Å². The molecule has 1 fully saturated rings. The number of amides is 1. The molecule has 1 atom stereocenters. The Morgan fingerprint density at radius 3 is 2.82 bits per heavy atom. The molecule has 1 amide bonds. The molecular formula is C16H21NO5. The topological polar surface area (TPSA) is 87.1 Å². The van der Waals surface area contributed by atoms with Crippen LogP contribution in [0.1, 0.15) is 24.8 Å². The van der Waals surface area contributed by atoms with Gasteiger partial charge in [-0.15, -0.1) is 0 Å². The molecule has 120 valence electrons. The van der Waals surface area contributed by atoms with Crippen LogP contribution in [0.4, 0.5) is 0 Å². The van der Waals surface area contributed by atoms with Crippen molar-refractivity contribution in [3.63, 3.8) is 0 Å². The minimum Gasteiger partial charge on any atom is -0.491 e. The fourth-order valence-electron chi connectivity index (χ4n) is 2.48. The summed E-state index contributed by atoms with van der Waals surface area (Å²) in [6.07, 6.45) is 0.204. The van der Waals surface area contributed by atoms with E-state index in [0.29, 0.717) is 18.7 Å². The van der Waals surface area contributed by atoms with Crippen LogP contribution in [0.15, 0.2) is 24.3 Å². The van der Waals surface area contributed by atoms with Gasteiger partial charge in [0.1, 0.15) is 18.0 Å². The molecular weight excluding hydrogens is 286 g/mol. The molecule has 6 nitrogen and oxygen atoms in total. The molecule has 2 N–H and O–H groups in total. The second kappa shape index (κ2) is 6.79. The maximum absolute atomic E-state index is 11.9. The first-order valence-corrected chi connectivity index (χ1v) is 7.29. The molecule has 1 aromatic rings. The van der Waals surface area contributed by atoms with Crippen molar-refractivity contribution in [2.75, 3.05) is 19.7 Å². The van der Waals surface area contributed by atoms with Gasteiger partial charge in [0.05, 0.1) is 13.0 Å². The summed E-state index contributed by atoms with van der Waals surface area (Å²) in [6, 6.07) is 7.54. The Morgan fingerprint density at radius 1 is 1.36 bits per heavy atom. The van der Waals surface area contributed by atoms with E-state index in [1.807, 2.05) is 31.2 Å². The van der Waals surface area contributed by atoms with Crippen molar-refractivity contribution in [2.45, 2.75) is 31.8 Å². The van der Waals surface area contributed by atoms with Crippen molar-refractivity contribution in [1.82, 2.24) is 4.90 Å². The zero-order valence-electron chi connectivity index (χ0n) is 12.6. The van der Waals surface area contributed by atoms with Crippen molar-refractivity contribution >= 4 is 11.9 Å². The molecule has 0 aromatic heterocycles. The number of ether oxygens (including phenoxy) is 1. The Hall–Kier alpha value is -2.08. The smallest absolute Gasteiger partial charge is 0.303 e. The molecule has 0 spiro atoms. The lowest BCUT2D eigenvalue weighted by Gasteiger charge is -2.23. The number of carboxylic acid groups (broad SMARTS) is 1. The van der Waals surface area contributed by atoms with Gasteiger partial charge in [0.25, 0.3) is 0 Å².